The van der Waals surface area contributed by atoms with Crippen LogP contribution >= 0.6 is 11.6 Å². The molecule has 0 bridgehead atoms. The highest BCUT2D eigenvalue weighted by molar-refractivity contribution is 6.32. The van der Waals surface area contributed by atoms with Crippen LogP contribution in [0.3, 0.4) is 0 Å². The first-order valence-corrected chi connectivity index (χ1v) is 18.5. The first-order valence-electron chi connectivity index (χ1n) is 18.1. The van der Waals surface area contributed by atoms with Gasteiger partial charge in [0, 0.05) is 17.0 Å². The van der Waals surface area contributed by atoms with Crippen molar-refractivity contribution < 1.29 is 38.1 Å². The molecule has 2 aliphatic heterocycles. The highest BCUT2D eigenvalue weighted by atomic mass is 35.5. The van der Waals surface area contributed by atoms with Gasteiger partial charge in [-0.25, -0.2) is 9.29 Å². The third-order valence-corrected chi connectivity index (χ3v) is 12.3. The molecule has 4 amide bonds. The van der Waals surface area contributed by atoms with Crippen molar-refractivity contribution >= 4 is 58.8 Å². The van der Waals surface area contributed by atoms with Crippen LogP contribution in [0.2, 0.25) is 5.02 Å². The molecule has 9 nitrogen and oxygen atoms in total. The number of ether oxygens (including phenoxy) is 2. The number of aryl methyl sites for hydroxylation is 1. The number of carbonyl (C=O) groups excluding carboxylic acids is 4. The lowest BCUT2D eigenvalue weighted by atomic mass is 9.51. The second-order valence-electron chi connectivity index (χ2n) is 14.8. The number of phenols is 1. The third kappa shape index (κ3) is 5.56. The van der Waals surface area contributed by atoms with Crippen molar-refractivity contribution in [2.45, 2.75) is 32.6 Å². The summed E-state index contributed by atoms with van der Waals surface area (Å²) >= 11 is 6.11. The number of amides is 4. The Bertz CT molecular complexity index is 2360. The molecule has 4 aromatic carbocycles. The summed E-state index contributed by atoms with van der Waals surface area (Å²) in [4.78, 5) is 60.0. The summed E-state index contributed by atoms with van der Waals surface area (Å²) in [6.07, 6.45) is 6.11. The maximum absolute atomic E-state index is 14.6. The molecule has 11 heteroatoms. The normalized spacial score (nSPS) is 25.9. The molecule has 2 saturated heterocycles. The van der Waals surface area contributed by atoms with E-state index < -0.39 is 52.6 Å². The SMILES string of the molecule is COc1ccc(OC)c(C=Cc2ccc(N3C(=O)C4CC=C5C(CC6C(=O)N(c7ccc(F)c(Cl)c7)C(=O)C6(C)C5c5cccc(C)c5O)C4C3=O)cc2)c1. The zero-order valence-electron chi connectivity index (χ0n) is 30.6. The summed E-state index contributed by atoms with van der Waals surface area (Å²) in [5, 5.41) is 11.2. The number of allylic oxidation sites excluding steroid dienone is 2. The zero-order valence-corrected chi connectivity index (χ0v) is 31.3. The number of halogens is 2. The molecular formula is C44H38ClFN2O7. The van der Waals surface area contributed by atoms with Gasteiger partial charge in [0.25, 0.3) is 0 Å². The van der Waals surface area contributed by atoms with E-state index in [1.165, 1.54) is 17.0 Å². The number of fused-ring (bicyclic) bond motifs is 4. The predicted molar refractivity (Wildman–Crippen MR) is 206 cm³/mol. The maximum atomic E-state index is 14.6. The van der Waals surface area contributed by atoms with Crippen LogP contribution in [-0.2, 0) is 19.2 Å². The Balaban J connectivity index is 1.14. The van der Waals surface area contributed by atoms with Crippen molar-refractivity contribution in [3.63, 3.8) is 0 Å². The first-order chi connectivity index (χ1) is 26.4. The molecule has 0 aromatic heterocycles. The Morgan fingerprint density at radius 2 is 1.60 bits per heavy atom. The van der Waals surface area contributed by atoms with Crippen LogP contribution in [0.15, 0.2) is 90.5 Å². The van der Waals surface area contributed by atoms with Gasteiger partial charge >= 0.3 is 0 Å². The largest absolute Gasteiger partial charge is 0.507 e. The van der Waals surface area contributed by atoms with E-state index in [0.717, 1.165) is 27.7 Å². The maximum Gasteiger partial charge on any atom is 0.241 e. The van der Waals surface area contributed by atoms with Gasteiger partial charge in [0.15, 0.2) is 0 Å². The number of methoxy groups -OCH3 is 2. The fraction of sp³-hybridized carbons (Fsp3) is 0.273. The number of aromatic hydroxyl groups is 1. The van der Waals surface area contributed by atoms with E-state index in [9.17, 15) is 28.7 Å². The zero-order chi connectivity index (χ0) is 38.9. The third-order valence-electron chi connectivity index (χ3n) is 12.1. The Morgan fingerprint density at radius 1 is 0.855 bits per heavy atom. The van der Waals surface area contributed by atoms with Gasteiger partial charge in [-0.15, -0.1) is 0 Å². The summed E-state index contributed by atoms with van der Waals surface area (Å²) in [6.45, 7) is 3.49. The number of carbonyl (C=O) groups is 4. The van der Waals surface area contributed by atoms with Gasteiger partial charge in [-0.2, -0.15) is 0 Å². The standard InChI is InChI=1S/C44H38ClFN2O7/c1-23-6-5-7-31(39(23)49)38-29-16-17-30-37(32(29)22-33-41(51)48(43(53)44(33,38)2)27-14-18-35(46)34(45)21-27)42(52)47(40(30)50)26-12-9-24(10-13-26)8-11-25-20-28(54-3)15-19-36(25)55-4/h5-16,18-21,30,32-33,37-38,49H,17,22H2,1-4H3. The van der Waals surface area contributed by atoms with Crippen LogP contribution in [-0.4, -0.2) is 43.0 Å². The van der Waals surface area contributed by atoms with Crippen LogP contribution < -0.4 is 19.3 Å². The number of nitrogens with zero attached hydrogens (tertiary/aromatic N) is 2. The van der Waals surface area contributed by atoms with E-state index in [0.29, 0.717) is 28.3 Å². The van der Waals surface area contributed by atoms with Gasteiger partial charge in [0.05, 0.1) is 53.8 Å². The minimum Gasteiger partial charge on any atom is -0.507 e. The molecule has 1 saturated carbocycles. The molecule has 0 spiro atoms. The lowest BCUT2D eigenvalue weighted by Crippen LogP contribution is -2.49. The minimum absolute atomic E-state index is 0.00545. The van der Waals surface area contributed by atoms with Crippen molar-refractivity contribution in [1.82, 2.24) is 0 Å². The predicted octanol–water partition coefficient (Wildman–Crippen LogP) is 8.12. The molecule has 2 aliphatic carbocycles. The molecule has 280 valence electrons. The van der Waals surface area contributed by atoms with Crippen molar-refractivity contribution in [2.75, 3.05) is 24.0 Å². The van der Waals surface area contributed by atoms with Crippen molar-refractivity contribution in [2.24, 2.45) is 29.1 Å². The second kappa shape index (κ2) is 13.5. The van der Waals surface area contributed by atoms with Gasteiger partial charge in [-0.1, -0.05) is 65.7 Å². The highest BCUT2D eigenvalue weighted by Gasteiger charge is 2.68. The molecule has 4 aliphatic rings. The molecule has 1 N–H and O–H groups in total. The number of benzene rings is 4. The van der Waals surface area contributed by atoms with Gasteiger partial charge in [-0.05, 0) is 92.3 Å². The van der Waals surface area contributed by atoms with Crippen molar-refractivity contribution in [1.29, 1.82) is 0 Å². The fourth-order valence-electron chi connectivity index (χ4n) is 9.29. The molecule has 2 heterocycles. The van der Waals surface area contributed by atoms with Crippen LogP contribution in [0.25, 0.3) is 12.2 Å². The van der Waals surface area contributed by atoms with Gasteiger partial charge in [0.2, 0.25) is 23.6 Å². The van der Waals surface area contributed by atoms with E-state index >= 15 is 0 Å². The number of imide groups is 2. The summed E-state index contributed by atoms with van der Waals surface area (Å²) in [7, 11) is 3.19. The average molecular weight is 761 g/mol. The minimum atomic E-state index is -1.37. The van der Waals surface area contributed by atoms with E-state index in [1.54, 1.807) is 58.4 Å². The topological polar surface area (TPSA) is 113 Å². The Hall–Kier alpha value is -5.74. The number of rotatable bonds is 7. The van der Waals surface area contributed by atoms with Crippen LogP contribution in [0.4, 0.5) is 15.8 Å². The monoisotopic (exact) mass is 760 g/mol. The molecule has 6 unspecified atom stereocenters. The molecule has 55 heavy (non-hydrogen) atoms. The van der Waals surface area contributed by atoms with Gasteiger partial charge in [-0.3, -0.25) is 24.1 Å². The smallest absolute Gasteiger partial charge is 0.241 e. The van der Waals surface area contributed by atoms with Crippen molar-refractivity contribution in [3.8, 4) is 17.2 Å². The Morgan fingerprint density at radius 3 is 2.31 bits per heavy atom. The first kappa shape index (κ1) is 36.2. The molecule has 8 rings (SSSR count). The molecule has 0 radical (unpaired) electrons. The molecule has 6 atom stereocenters. The fourth-order valence-corrected chi connectivity index (χ4v) is 9.46. The summed E-state index contributed by atoms with van der Waals surface area (Å²) < 4.78 is 25.0. The number of anilines is 2. The number of hydrogen-bond donors (Lipinski definition) is 1. The molecule has 4 aromatic rings. The summed E-state index contributed by atoms with van der Waals surface area (Å²) in [5.41, 5.74) is 2.65. The van der Waals surface area contributed by atoms with Gasteiger partial charge in [0.1, 0.15) is 23.1 Å². The lowest BCUT2D eigenvalue weighted by molar-refractivity contribution is -0.131. The van der Waals surface area contributed by atoms with Crippen LogP contribution in [0, 0.1) is 41.8 Å². The Kier molecular flexibility index (Phi) is 8.92. The second-order valence-corrected chi connectivity index (χ2v) is 15.2. The van der Waals surface area contributed by atoms with E-state index in [-0.39, 0.29) is 41.1 Å². The summed E-state index contributed by atoms with van der Waals surface area (Å²) in [6, 6.07) is 21.6. The van der Waals surface area contributed by atoms with Gasteiger partial charge < -0.3 is 14.6 Å². The van der Waals surface area contributed by atoms with E-state index in [1.807, 2.05) is 48.6 Å². The summed E-state index contributed by atoms with van der Waals surface area (Å²) in [5.74, 6) is -4.77. The Labute approximate surface area is 322 Å². The number of para-hydroxylation sites is 1. The van der Waals surface area contributed by atoms with Crippen LogP contribution in [0.5, 0.6) is 17.2 Å². The number of hydrogen-bond acceptors (Lipinski definition) is 7. The lowest BCUT2D eigenvalue weighted by Gasteiger charge is -2.49. The molecular weight excluding hydrogens is 723 g/mol. The highest BCUT2D eigenvalue weighted by Crippen LogP contribution is 2.64. The van der Waals surface area contributed by atoms with E-state index in [4.69, 9.17) is 21.1 Å². The molecule has 3 fully saturated rings. The number of phenolic OH excluding ortho intramolecular Hbond substituents is 1. The van der Waals surface area contributed by atoms with Crippen LogP contribution in [0.1, 0.15) is 47.9 Å². The van der Waals surface area contributed by atoms with E-state index in [2.05, 4.69) is 0 Å². The van der Waals surface area contributed by atoms with Crippen molar-refractivity contribution in [3.05, 3.63) is 124 Å². The quantitative estimate of drug-likeness (QED) is 0.115. The average Bonchev–Trinajstić information content (AvgIpc) is 3.55.